The molecule has 1 fully saturated rings. The third-order valence-corrected chi connectivity index (χ3v) is 6.60. The highest BCUT2D eigenvalue weighted by atomic mass is 16.5. The molecule has 1 aliphatic heterocycles. The lowest BCUT2D eigenvalue weighted by atomic mass is 9.90. The second kappa shape index (κ2) is 10.6. The van der Waals surface area contributed by atoms with Gasteiger partial charge in [0.1, 0.15) is 0 Å². The second-order valence-corrected chi connectivity index (χ2v) is 8.65. The summed E-state index contributed by atoms with van der Waals surface area (Å²) in [5.41, 5.74) is 4.28. The zero-order chi connectivity index (χ0) is 22.3. The monoisotopic (exact) mass is 434 g/mol. The van der Waals surface area contributed by atoms with Gasteiger partial charge in [0.25, 0.3) is 0 Å². The number of rotatable bonds is 8. The Hall–Kier alpha value is -2.92. The van der Waals surface area contributed by atoms with Crippen LogP contribution in [-0.4, -0.2) is 43.9 Å². The summed E-state index contributed by atoms with van der Waals surface area (Å²) in [5, 5.41) is 14.1. The maximum Gasteiger partial charge on any atom is 0.191 e. The van der Waals surface area contributed by atoms with E-state index in [1.807, 2.05) is 18.2 Å². The van der Waals surface area contributed by atoms with Gasteiger partial charge in [0.05, 0.1) is 19.8 Å². The Balaban J connectivity index is 1.31. The minimum absolute atomic E-state index is 0.187. The summed E-state index contributed by atoms with van der Waals surface area (Å²) < 4.78 is 11.3. The Morgan fingerprint density at radius 1 is 0.969 bits per heavy atom. The summed E-state index contributed by atoms with van der Waals surface area (Å²) >= 11 is 0. The molecule has 0 atom stereocenters. The highest BCUT2D eigenvalue weighted by Gasteiger charge is 2.27. The molecule has 0 aromatic heterocycles. The topological polar surface area (TPSA) is 54.0 Å². The van der Waals surface area contributed by atoms with Crippen LogP contribution in [0.3, 0.4) is 0 Å². The van der Waals surface area contributed by atoms with Crippen molar-refractivity contribution in [2.75, 3.05) is 33.9 Å². The zero-order valence-corrected chi connectivity index (χ0v) is 19.1. The van der Waals surface area contributed by atoms with E-state index in [9.17, 15) is 5.11 Å². The summed E-state index contributed by atoms with van der Waals surface area (Å²) in [7, 11) is 3.27. The number of nitrogens with zero attached hydrogens (tertiary/aromatic N) is 1. The van der Waals surface area contributed by atoms with Crippen LogP contribution >= 0.6 is 0 Å². The molecule has 0 radical (unpaired) electrons. The van der Waals surface area contributed by atoms with E-state index >= 15 is 0 Å². The fourth-order valence-electron chi connectivity index (χ4n) is 4.81. The van der Waals surface area contributed by atoms with Gasteiger partial charge in [0.15, 0.2) is 17.4 Å². The predicted octanol–water partition coefficient (Wildman–Crippen LogP) is 4.87. The maximum absolute atomic E-state index is 10.8. The SMILES string of the molecule is COC1=C(OC)c2ccccc2C/C1=C(/O)NCCC1CCN(Cc2ccccc2)CC1. The molecule has 5 nitrogen and oxygen atoms in total. The van der Waals surface area contributed by atoms with E-state index in [-0.39, 0.29) is 5.88 Å². The molecule has 2 aromatic rings. The molecule has 1 aliphatic carbocycles. The van der Waals surface area contributed by atoms with Crippen molar-refractivity contribution < 1.29 is 14.6 Å². The van der Waals surface area contributed by atoms with Gasteiger partial charge < -0.3 is 19.9 Å². The number of methoxy groups -OCH3 is 2. The van der Waals surface area contributed by atoms with Crippen molar-refractivity contribution in [3.8, 4) is 0 Å². The van der Waals surface area contributed by atoms with Crippen LogP contribution in [0.1, 0.15) is 36.0 Å². The molecule has 2 N–H and O–H groups in total. The van der Waals surface area contributed by atoms with E-state index in [4.69, 9.17) is 9.47 Å². The van der Waals surface area contributed by atoms with Crippen molar-refractivity contribution >= 4 is 5.76 Å². The number of piperidine rings is 1. The van der Waals surface area contributed by atoms with Gasteiger partial charge >= 0.3 is 0 Å². The van der Waals surface area contributed by atoms with E-state index in [1.165, 1.54) is 18.4 Å². The summed E-state index contributed by atoms with van der Waals surface area (Å²) in [6.07, 6.45) is 4.08. The summed E-state index contributed by atoms with van der Waals surface area (Å²) in [6.45, 7) is 4.06. The van der Waals surface area contributed by atoms with Crippen molar-refractivity contribution in [1.82, 2.24) is 10.2 Å². The number of aliphatic hydroxyl groups is 1. The minimum Gasteiger partial charge on any atom is -0.495 e. The fourth-order valence-corrected chi connectivity index (χ4v) is 4.81. The van der Waals surface area contributed by atoms with E-state index in [0.29, 0.717) is 23.9 Å². The van der Waals surface area contributed by atoms with Crippen molar-refractivity contribution in [2.24, 2.45) is 5.92 Å². The first-order chi connectivity index (χ1) is 15.7. The summed E-state index contributed by atoms with van der Waals surface area (Å²) in [4.78, 5) is 2.54. The van der Waals surface area contributed by atoms with E-state index < -0.39 is 0 Å². The summed E-state index contributed by atoms with van der Waals surface area (Å²) in [5.74, 6) is 2.15. The normalized spacial score (nSPS) is 18.8. The van der Waals surface area contributed by atoms with Gasteiger partial charge in [0.2, 0.25) is 0 Å². The van der Waals surface area contributed by atoms with Gasteiger partial charge in [0, 0.05) is 25.1 Å². The first-order valence-corrected chi connectivity index (χ1v) is 11.5. The van der Waals surface area contributed by atoms with E-state index in [1.54, 1.807) is 14.2 Å². The summed E-state index contributed by atoms with van der Waals surface area (Å²) in [6, 6.07) is 18.8. The van der Waals surface area contributed by atoms with Crippen molar-refractivity contribution in [2.45, 2.75) is 32.2 Å². The minimum atomic E-state index is 0.187. The number of ether oxygens (including phenoxy) is 2. The largest absolute Gasteiger partial charge is 0.495 e. The molecule has 1 heterocycles. The first kappa shape index (κ1) is 22.3. The van der Waals surface area contributed by atoms with E-state index in [2.05, 4.69) is 46.6 Å². The average Bonchev–Trinajstić information content (AvgIpc) is 2.84. The fraction of sp³-hybridized carbons (Fsp3) is 0.407. The van der Waals surface area contributed by atoms with E-state index in [0.717, 1.165) is 49.3 Å². The van der Waals surface area contributed by atoms with Crippen LogP contribution in [0.15, 0.2) is 71.8 Å². The highest BCUT2D eigenvalue weighted by Crippen LogP contribution is 2.36. The lowest BCUT2D eigenvalue weighted by Crippen LogP contribution is -2.34. The Morgan fingerprint density at radius 2 is 1.66 bits per heavy atom. The van der Waals surface area contributed by atoms with Crippen LogP contribution < -0.4 is 5.32 Å². The third kappa shape index (κ3) is 5.10. The molecule has 2 aliphatic rings. The molecule has 1 saturated heterocycles. The van der Waals surface area contributed by atoms with Crippen LogP contribution in [0.2, 0.25) is 0 Å². The second-order valence-electron chi connectivity index (χ2n) is 8.65. The van der Waals surface area contributed by atoms with Gasteiger partial charge in [-0.1, -0.05) is 54.6 Å². The Bertz CT molecular complexity index is 960. The Labute approximate surface area is 191 Å². The van der Waals surface area contributed by atoms with Crippen LogP contribution in [0, 0.1) is 5.92 Å². The number of likely N-dealkylation sites (tertiary alicyclic amines) is 1. The zero-order valence-electron chi connectivity index (χ0n) is 19.1. The number of nitrogens with one attached hydrogen (secondary N) is 1. The van der Waals surface area contributed by atoms with Crippen molar-refractivity contribution in [3.63, 3.8) is 0 Å². The number of aliphatic hydroxyl groups excluding tert-OH is 1. The van der Waals surface area contributed by atoms with Crippen molar-refractivity contribution in [1.29, 1.82) is 0 Å². The number of hydrogen-bond donors (Lipinski definition) is 2. The number of benzene rings is 2. The third-order valence-electron chi connectivity index (χ3n) is 6.60. The highest BCUT2D eigenvalue weighted by molar-refractivity contribution is 5.72. The molecule has 0 bridgehead atoms. The number of allylic oxidation sites excluding steroid dienone is 1. The number of fused-ring (bicyclic) bond motifs is 1. The van der Waals surface area contributed by atoms with Gasteiger partial charge in [-0.05, 0) is 49.4 Å². The molecule has 0 spiro atoms. The lowest BCUT2D eigenvalue weighted by Gasteiger charge is -2.32. The van der Waals surface area contributed by atoms with Gasteiger partial charge in [-0.2, -0.15) is 0 Å². The average molecular weight is 435 g/mol. The van der Waals surface area contributed by atoms with Gasteiger partial charge in [-0.3, -0.25) is 4.90 Å². The predicted molar refractivity (Wildman–Crippen MR) is 128 cm³/mol. The van der Waals surface area contributed by atoms with Gasteiger partial charge in [-0.25, -0.2) is 0 Å². The number of hydrogen-bond acceptors (Lipinski definition) is 5. The molecule has 0 amide bonds. The molecule has 4 rings (SSSR count). The van der Waals surface area contributed by atoms with Crippen LogP contribution in [0.4, 0.5) is 0 Å². The molecular formula is C27H34N2O3. The smallest absolute Gasteiger partial charge is 0.191 e. The van der Waals surface area contributed by atoms with Crippen LogP contribution in [-0.2, 0) is 22.4 Å². The molecule has 0 unspecified atom stereocenters. The van der Waals surface area contributed by atoms with Crippen molar-refractivity contribution in [3.05, 3.63) is 88.5 Å². The quantitative estimate of drug-likeness (QED) is 0.581. The van der Waals surface area contributed by atoms with Crippen LogP contribution in [0.25, 0.3) is 5.76 Å². The molecule has 0 saturated carbocycles. The molecule has 170 valence electrons. The Kier molecular flexibility index (Phi) is 7.38. The maximum atomic E-state index is 10.8. The molecule has 32 heavy (non-hydrogen) atoms. The molecular weight excluding hydrogens is 400 g/mol. The first-order valence-electron chi connectivity index (χ1n) is 11.5. The van der Waals surface area contributed by atoms with Crippen LogP contribution in [0.5, 0.6) is 0 Å². The van der Waals surface area contributed by atoms with Gasteiger partial charge in [-0.15, -0.1) is 0 Å². The molecule has 2 aromatic carbocycles. The lowest BCUT2D eigenvalue weighted by molar-refractivity contribution is 0.171. The standard InChI is InChI=1S/C27H34N2O3/c1-31-25-23-11-7-6-10-22(23)18-24(26(25)32-2)27(30)28-15-12-20-13-16-29(17-14-20)19-21-8-4-3-5-9-21/h3-11,20,28,30H,12-19H2,1-2H3/b27-24-. The Morgan fingerprint density at radius 3 is 2.38 bits per heavy atom. The molecule has 5 heteroatoms.